The van der Waals surface area contributed by atoms with Gasteiger partial charge in [0.2, 0.25) is 0 Å². The molecule has 1 amide bonds. The van der Waals surface area contributed by atoms with Crippen LogP contribution in [0.5, 0.6) is 5.75 Å². The van der Waals surface area contributed by atoms with E-state index in [1.807, 2.05) is 36.4 Å². The maximum atomic E-state index is 12.7. The lowest BCUT2D eigenvalue weighted by Gasteiger charge is -2.30. The van der Waals surface area contributed by atoms with Crippen molar-refractivity contribution < 1.29 is 9.53 Å². The van der Waals surface area contributed by atoms with Crippen molar-refractivity contribution >= 4 is 39.9 Å². The molecule has 4 aromatic rings. The minimum Gasteiger partial charge on any atom is -0.495 e. The Balaban J connectivity index is 1.41. The van der Waals surface area contributed by atoms with Crippen LogP contribution in [0.3, 0.4) is 0 Å². The highest BCUT2D eigenvalue weighted by atomic mass is 35.5. The molecule has 1 aromatic heterocycles. The van der Waals surface area contributed by atoms with Gasteiger partial charge < -0.3 is 19.5 Å². The van der Waals surface area contributed by atoms with Gasteiger partial charge >= 0.3 is 0 Å². The summed E-state index contributed by atoms with van der Waals surface area (Å²) < 4.78 is 7.75. The molecule has 3 aromatic carbocycles. The van der Waals surface area contributed by atoms with E-state index in [0.717, 1.165) is 30.1 Å². The Hall–Kier alpha value is -3.51. The number of rotatable bonds is 4. The lowest BCUT2D eigenvalue weighted by molar-refractivity contribution is 0.102. The van der Waals surface area contributed by atoms with Crippen molar-refractivity contribution in [1.29, 1.82) is 0 Å². The monoisotopic (exact) mass is 432 g/mol. The summed E-state index contributed by atoms with van der Waals surface area (Å²) in [5.74, 6) is 1.43. The number of imidazole rings is 1. The highest BCUT2D eigenvalue weighted by Gasteiger charge is 2.21. The Kier molecular flexibility index (Phi) is 5.00. The standard InChI is InChI=1S/C24H21ClN4O2/c1-31-22-11-10-18(14-20(22)27-24(30)16-6-8-17(25)9-7-16)28-12-13-29-21-5-3-2-4-19(21)26-23(29)15-28/h2-11,14H,12-13,15H2,1H3,(H,27,30). The number of carbonyl (C=O) groups excluding carboxylic acids is 1. The van der Waals surface area contributed by atoms with Crippen LogP contribution in [-0.4, -0.2) is 29.1 Å². The van der Waals surface area contributed by atoms with Crippen molar-refractivity contribution in [3.05, 3.63) is 83.1 Å². The van der Waals surface area contributed by atoms with E-state index >= 15 is 0 Å². The van der Waals surface area contributed by atoms with Crippen molar-refractivity contribution in [2.45, 2.75) is 13.1 Å². The Labute approximate surface area is 185 Å². The Morgan fingerprint density at radius 3 is 2.68 bits per heavy atom. The number of nitrogens with one attached hydrogen (secondary N) is 1. The SMILES string of the molecule is COc1ccc(N2CCn3c(nc4ccccc43)C2)cc1NC(=O)c1ccc(Cl)cc1. The number of aromatic nitrogens is 2. The Morgan fingerprint density at radius 1 is 1.06 bits per heavy atom. The normalized spacial score (nSPS) is 13.2. The molecule has 7 heteroatoms. The third-order valence-corrected chi connectivity index (χ3v) is 5.81. The number of nitrogens with zero attached hydrogens (tertiary/aromatic N) is 3. The molecule has 6 nitrogen and oxygen atoms in total. The van der Waals surface area contributed by atoms with Gasteiger partial charge in [0, 0.05) is 29.4 Å². The van der Waals surface area contributed by atoms with E-state index in [2.05, 4.69) is 20.9 Å². The summed E-state index contributed by atoms with van der Waals surface area (Å²) in [6, 6.07) is 20.8. The zero-order valence-electron chi connectivity index (χ0n) is 17.0. The van der Waals surface area contributed by atoms with E-state index in [1.165, 1.54) is 5.52 Å². The number of para-hydroxylation sites is 2. The van der Waals surface area contributed by atoms with Gasteiger partial charge in [0.15, 0.2) is 0 Å². The van der Waals surface area contributed by atoms with Crippen LogP contribution in [0.1, 0.15) is 16.2 Å². The van der Waals surface area contributed by atoms with Crippen molar-refractivity contribution in [2.75, 3.05) is 23.9 Å². The van der Waals surface area contributed by atoms with Crippen LogP contribution >= 0.6 is 11.6 Å². The first-order chi connectivity index (χ1) is 15.1. The zero-order chi connectivity index (χ0) is 21.4. The first kappa shape index (κ1) is 19.5. The van der Waals surface area contributed by atoms with Crippen molar-refractivity contribution in [3.63, 3.8) is 0 Å². The van der Waals surface area contributed by atoms with Gasteiger partial charge in [0.1, 0.15) is 11.6 Å². The number of hydrogen-bond donors (Lipinski definition) is 1. The highest BCUT2D eigenvalue weighted by Crippen LogP contribution is 2.32. The second-order valence-corrected chi connectivity index (χ2v) is 7.87. The fraction of sp³-hybridized carbons (Fsp3) is 0.167. The molecule has 5 rings (SSSR count). The molecule has 1 aliphatic rings. The topological polar surface area (TPSA) is 59.4 Å². The Morgan fingerprint density at radius 2 is 1.87 bits per heavy atom. The number of methoxy groups -OCH3 is 1. The lowest BCUT2D eigenvalue weighted by atomic mass is 10.2. The maximum absolute atomic E-state index is 12.7. The molecule has 156 valence electrons. The van der Waals surface area contributed by atoms with Gasteiger partial charge in [0.25, 0.3) is 5.91 Å². The molecule has 1 aliphatic heterocycles. The largest absolute Gasteiger partial charge is 0.495 e. The third kappa shape index (κ3) is 3.70. The second-order valence-electron chi connectivity index (χ2n) is 7.44. The van der Waals surface area contributed by atoms with E-state index in [-0.39, 0.29) is 5.91 Å². The highest BCUT2D eigenvalue weighted by molar-refractivity contribution is 6.30. The zero-order valence-corrected chi connectivity index (χ0v) is 17.8. The van der Waals surface area contributed by atoms with E-state index in [0.29, 0.717) is 28.6 Å². The van der Waals surface area contributed by atoms with E-state index in [9.17, 15) is 4.79 Å². The van der Waals surface area contributed by atoms with Crippen LogP contribution in [0.25, 0.3) is 11.0 Å². The average Bonchev–Trinajstić information content (AvgIpc) is 3.17. The van der Waals surface area contributed by atoms with Crippen LogP contribution in [-0.2, 0) is 13.1 Å². The predicted octanol–water partition coefficient (Wildman–Crippen LogP) is 4.97. The molecule has 0 bridgehead atoms. The first-order valence-electron chi connectivity index (χ1n) is 10.1. The number of fused-ring (bicyclic) bond motifs is 3. The van der Waals surface area contributed by atoms with E-state index in [1.54, 1.807) is 31.4 Å². The molecule has 31 heavy (non-hydrogen) atoms. The summed E-state index contributed by atoms with van der Waals surface area (Å²) >= 11 is 5.93. The van der Waals surface area contributed by atoms with Crippen molar-refractivity contribution in [1.82, 2.24) is 9.55 Å². The van der Waals surface area contributed by atoms with Crippen LogP contribution < -0.4 is 15.0 Å². The molecule has 2 heterocycles. The quantitative estimate of drug-likeness (QED) is 0.494. The van der Waals surface area contributed by atoms with Gasteiger partial charge in [-0.25, -0.2) is 4.98 Å². The molecule has 0 saturated carbocycles. The summed E-state index contributed by atoms with van der Waals surface area (Å²) in [5.41, 5.74) is 4.35. The van der Waals surface area contributed by atoms with Gasteiger partial charge in [-0.3, -0.25) is 4.79 Å². The van der Waals surface area contributed by atoms with Crippen LogP contribution in [0, 0.1) is 0 Å². The third-order valence-electron chi connectivity index (χ3n) is 5.56. The fourth-order valence-electron chi connectivity index (χ4n) is 3.97. The van der Waals surface area contributed by atoms with E-state index in [4.69, 9.17) is 21.3 Å². The van der Waals surface area contributed by atoms with Crippen molar-refractivity contribution in [2.24, 2.45) is 0 Å². The summed E-state index contributed by atoms with van der Waals surface area (Å²) in [6.07, 6.45) is 0. The molecule has 0 fully saturated rings. The molecule has 0 saturated heterocycles. The number of halogens is 1. The minimum absolute atomic E-state index is 0.215. The number of benzene rings is 3. The van der Waals surface area contributed by atoms with Crippen molar-refractivity contribution in [3.8, 4) is 5.75 Å². The van der Waals surface area contributed by atoms with Gasteiger partial charge in [-0.1, -0.05) is 23.7 Å². The number of carbonyl (C=O) groups is 1. The van der Waals surface area contributed by atoms with Crippen LogP contribution in [0.4, 0.5) is 11.4 Å². The molecule has 0 unspecified atom stereocenters. The maximum Gasteiger partial charge on any atom is 0.255 e. The van der Waals surface area contributed by atoms with Gasteiger partial charge in [-0.15, -0.1) is 0 Å². The summed E-state index contributed by atoms with van der Waals surface area (Å²) in [6.45, 7) is 2.41. The van der Waals surface area contributed by atoms with Crippen LogP contribution in [0.2, 0.25) is 5.02 Å². The Bertz CT molecular complexity index is 1270. The molecule has 1 N–H and O–H groups in total. The predicted molar refractivity (Wildman–Crippen MR) is 123 cm³/mol. The fourth-order valence-corrected chi connectivity index (χ4v) is 4.10. The van der Waals surface area contributed by atoms with Gasteiger partial charge in [-0.05, 0) is 54.6 Å². The van der Waals surface area contributed by atoms with E-state index < -0.39 is 0 Å². The summed E-state index contributed by atoms with van der Waals surface area (Å²) in [5, 5.41) is 3.55. The van der Waals surface area contributed by atoms with Gasteiger partial charge in [0.05, 0.1) is 30.4 Å². The number of amides is 1. The number of ether oxygens (including phenoxy) is 1. The average molecular weight is 433 g/mol. The second kappa shape index (κ2) is 7.96. The van der Waals surface area contributed by atoms with Gasteiger partial charge in [-0.2, -0.15) is 0 Å². The molecular weight excluding hydrogens is 412 g/mol. The molecule has 0 spiro atoms. The first-order valence-corrected chi connectivity index (χ1v) is 10.4. The van der Waals surface area contributed by atoms with Crippen LogP contribution in [0.15, 0.2) is 66.7 Å². The molecule has 0 atom stereocenters. The minimum atomic E-state index is -0.215. The molecule has 0 radical (unpaired) electrons. The lowest BCUT2D eigenvalue weighted by Crippen LogP contribution is -2.33. The molecule has 0 aliphatic carbocycles. The summed E-state index contributed by atoms with van der Waals surface area (Å²) in [7, 11) is 1.59. The number of hydrogen-bond acceptors (Lipinski definition) is 4. The summed E-state index contributed by atoms with van der Waals surface area (Å²) in [4.78, 5) is 19.8. The molecular formula is C24H21ClN4O2. The number of anilines is 2. The smallest absolute Gasteiger partial charge is 0.255 e.